The molecule has 0 unspecified atom stereocenters. The average Bonchev–Trinajstić information content (AvgIpc) is 2.34. The minimum atomic E-state index is -1.23. The maximum absolute atomic E-state index is 13.4. The van der Waals surface area contributed by atoms with Crippen LogP contribution in [0.5, 0.6) is 5.75 Å². The van der Waals surface area contributed by atoms with Crippen molar-refractivity contribution in [3.8, 4) is 5.75 Å². The van der Waals surface area contributed by atoms with Gasteiger partial charge in [0.05, 0.1) is 19.8 Å². The van der Waals surface area contributed by atoms with E-state index in [4.69, 9.17) is 19.3 Å². The van der Waals surface area contributed by atoms with Crippen molar-refractivity contribution in [3.05, 3.63) is 29.6 Å². The number of halogens is 1. The summed E-state index contributed by atoms with van der Waals surface area (Å²) in [6, 6.07) is 3.75. The van der Waals surface area contributed by atoms with Crippen LogP contribution in [-0.4, -0.2) is 44.6 Å². The van der Waals surface area contributed by atoms with Crippen LogP contribution in [0.15, 0.2) is 18.2 Å². The molecule has 0 saturated carbocycles. The molecule has 5 nitrogen and oxygen atoms in total. The van der Waals surface area contributed by atoms with Crippen LogP contribution in [0.1, 0.15) is 10.4 Å². The molecular weight excluding hydrogens is 243 g/mol. The quantitative estimate of drug-likeness (QED) is 0.717. The molecule has 0 aliphatic carbocycles. The van der Waals surface area contributed by atoms with Gasteiger partial charge in [-0.15, -0.1) is 0 Å². The molecule has 0 spiro atoms. The Morgan fingerprint density at radius 1 is 1.28 bits per heavy atom. The van der Waals surface area contributed by atoms with Crippen LogP contribution >= 0.6 is 0 Å². The maximum Gasteiger partial charge on any atom is 0.339 e. The van der Waals surface area contributed by atoms with E-state index in [0.717, 1.165) is 6.07 Å². The largest absolute Gasteiger partial charge is 0.487 e. The molecule has 0 radical (unpaired) electrons. The Morgan fingerprint density at radius 2 is 2.00 bits per heavy atom. The molecule has 0 atom stereocenters. The summed E-state index contributed by atoms with van der Waals surface area (Å²) in [5, 5.41) is 8.87. The highest BCUT2D eigenvalue weighted by Gasteiger charge is 2.15. The van der Waals surface area contributed by atoms with Gasteiger partial charge in [-0.25, -0.2) is 9.18 Å². The molecule has 0 aromatic heterocycles. The van der Waals surface area contributed by atoms with Gasteiger partial charge in [0.1, 0.15) is 12.2 Å². The van der Waals surface area contributed by atoms with Crippen molar-refractivity contribution in [2.45, 2.75) is 0 Å². The van der Waals surface area contributed by atoms with Crippen molar-refractivity contribution in [1.29, 1.82) is 0 Å². The van der Waals surface area contributed by atoms with Gasteiger partial charge in [0.15, 0.2) is 11.6 Å². The fourth-order valence-corrected chi connectivity index (χ4v) is 1.27. The Morgan fingerprint density at radius 3 is 2.67 bits per heavy atom. The van der Waals surface area contributed by atoms with E-state index in [1.807, 2.05) is 0 Å². The number of ether oxygens (including phenoxy) is 3. The molecule has 0 saturated heterocycles. The summed E-state index contributed by atoms with van der Waals surface area (Å²) in [5.74, 6) is -2.20. The molecule has 1 aromatic rings. The lowest BCUT2D eigenvalue weighted by molar-refractivity contribution is 0.0528. The van der Waals surface area contributed by atoms with E-state index in [0.29, 0.717) is 13.2 Å². The molecular formula is C12H15FO5. The summed E-state index contributed by atoms with van der Waals surface area (Å²) >= 11 is 0. The standard InChI is InChI=1S/C12H15FO5/c1-16-5-6-17-7-8-18-11-9(12(14)15)3-2-4-10(11)13/h2-4H,5-8H2,1H3,(H,14,15). The zero-order valence-corrected chi connectivity index (χ0v) is 10.0. The Hall–Kier alpha value is -1.66. The van der Waals surface area contributed by atoms with Crippen molar-refractivity contribution >= 4 is 5.97 Å². The van der Waals surface area contributed by atoms with Crippen LogP contribution in [0.3, 0.4) is 0 Å². The average molecular weight is 258 g/mol. The van der Waals surface area contributed by atoms with Crippen molar-refractivity contribution in [1.82, 2.24) is 0 Å². The van der Waals surface area contributed by atoms with E-state index >= 15 is 0 Å². The van der Waals surface area contributed by atoms with Crippen LogP contribution < -0.4 is 4.74 Å². The summed E-state index contributed by atoms with van der Waals surface area (Å²) in [4.78, 5) is 10.9. The Bertz CT molecular complexity index is 394. The minimum Gasteiger partial charge on any atom is -0.487 e. The number of para-hydroxylation sites is 1. The summed E-state index contributed by atoms with van der Waals surface area (Å²) in [7, 11) is 1.55. The van der Waals surface area contributed by atoms with Gasteiger partial charge in [0.2, 0.25) is 0 Å². The highest BCUT2D eigenvalue weighted by atomic mass is 19.1. The first-order valence-electron chi connectivity index (χ1n) is 5.38. The van der Waals surface area contributed by atoms with E-state index < -0.39 is 11.8 Å². The van der Waals surface area contributed by atoms with Gasteiger partial charge in [0.25, 0.3) is 0 Å². The summed E-state index contributed by atoms with van der Waals surface area (Å²) in [6.45, 7) is 1.17. The number of aromatic carboxylic acids is 1. The van der Waals surface area contributed by atoms with Crippen molar-refractivity contribution in [2.75, 3.05) is 33.5 Å². The zero-order chi connectivity index (χ0) is 13.4. The van der Waals surface area contributed by atoms with Crippen LogP contribution in [-0.2, 0) is 9.47 Å². The topological polar surface area (TPSA) is 65.0 Å². The smallest absolute Gasteiger partial charge is 0.339 e. The molecule has 0 heterocycles. The highest BCUT2D eigenvalue weighted by molar-refractivity contribution is 5.90. The van der Waals surface area contributed by atoms with Gasteiger partial charge in [-0.2, -0.15) is 0 Å². The zero-order valence-electron chi connectivity index (χ0n) is 10.0. The van der Waals surface area contributed by atoms with Gasteiger partial charge in [0, 0.05) is 7.11 Å². The van der Waals surface area contributed by atoms with Gasteiger partial charge in [-0.3, -0.25) is 0 Å². The lowest BCUT2D eigenvalue weighted by Crippen LogP contribution is -2.12. The third kappa shape index (κ3) is 4.31. The van der Waals surface area contributed by atoms with Crippen LogP contribution in [0, 0.1) is 5.82 Å². The molecule has 0 aliphatic heterocycles. The predicted octanol–water partition coefficient (Wildman–Crippen LogP) is 1.57. The van der Waals surface area contributed by atoms with Gasteiger partial charge in [-0.05, 0) is 12.1 Å². The number of hydrogen-bond donors (Lipinski definition) is 1. The van der Waals surface area contributed by atoms with Gasteiger partial charge >= 0.3 is 5.97 Å². The van der Waals surface area contributed by atoms with Crippen molar-refractivity contribution in [3.63, 3.8) is 0 Å². The van der Waals surface area contributed by atoms with Crippen molar-refractivity contribution in [2.24, 2.45) is 0 Å². The van der Waals surface area contributed by atoms with Crippen LogP contribution in [0.25, 0.3) is 0 Å². The molecule has 100 valence electrons. The highest BCUT2D eigenvalue weighted by Crippen LogP contribution is 2.22. The fraction of sp³-hybridized carbons (Fsp3) is 0.417. The number of hydrogen-bond acceptors (Lipinski definition) is 4. The lowest BCUT2D eigenvalue weighted by atomic mass is 10.2. The Balaban J connectivity index is 2.48. The molecule has 1 rings (SSSR count). The summed E-state index contributed by atoms with van der Waals surface area (Å²) in [6.07, 6.45) is 0. The first-order valence-corrected chi connectivity index (χ1v) is 5.38. The predicted molar refractivity (Wildman–Crippen MR) is 61.5 cm³/mol. The number of carboxylic acid groups (broad SMARTS) is 1. The second-order valence-corrected chi connectivity index (χ2v) is 3.38. The third-order valence-electron chi connectivity index (χ3n) is 2.10. The van der Waals surface area contributed by atoms with E-state index in [-0.39, 0.29) is 24.5 Å². The molecule has 1 N–H and O–H groups in total. The summed E-state index contributed by atoms with van der Waals surface area (Å²) in [5.41, 5.74) is -0.202. The first kappa shape index (κ1) is 14.4. The monoisotopic (exact) mass is 258 g/mol. The lowest BCUT2D eigenvalue weighted by Gasteiger charge is -2.10. The van der Waals surface area contributed by atoms with E-state index in [1.165, 1.54) is 12.1 Å². The molecule has 1 aromatic carbocycles. The molecule has 0 fully saturated rings. The fourth-order valence-electron chi connectivity index (χ4n) is 1.27. The summed E-state index contributed by atoms with van der Waals surface area (Å²) < 4.78 is 28.4. The number of rotatable bonds is 8. The normalized spacial score (nSPS) is 10.3. The second-order valence-electron chi connectivity index (χ2n) is 3.38. The number of methoxy groups -OCH3 is 1. The maximum atomic E-state index is 13.4. The molecule has 0 aliphatic rings. The van der Waals surface area contributed by atoms with E-state index in [2.05, 4.69) is 0 Å². The SMILES string of the molecule is COCCOCCOc1c(F)cccc1C(=O)O. The number of carboxylic acids is 1. The van der Waals surface area contributed by atoms with Crippen LogP contribution in [0.4, 0.5) is 4.39 Å². The number of benzene rings is 1. The molecule has 0 amide bonds. The van der Waals surface area contributed by atoms with Gasteiger partial charge < -0.3 is 19.3 Å². The molecule has 0 bridgehead atoms. The minimum absolute atomic E-state index is 0.0743. The van der Waals surface area contributed by atoms with E-state index in [9.17, 15) is 9.18 Å². The molecule has 6 heteroatoms. The van der Waals surface area contributed by atoms with Crippen LogP contribution in [0.2, 0.25) is 0 Å². The van der Waals surface area contributed by atoms with E-state index in [1.54, 1.807) is 7.11 Å². The first-order chi connectivity index (χ1) is 8.66. The second kappa shape index (κ2) is 7.62. The Labute approximate surface area is 104 Å². The third-order valence-corrected chi connectivity index (χ3v) is 2.10. The Kier molecular flexibility index (Phi) is 6.10. The van der Waals surface area contributed by atoms with Gasteiger partial charge in [-0.1, -0.05) is 6.07 Å². The molecule has 18 heavy (non-hydrogen) atoms. The van der Waals surface area contributed by atoms with Crippen molar-refractivity contribution < 1.29 is 28.5 Å². The number of carbonyl (C=O) groups is 1.